The number of nitrogens with zero attached hydrogens (tertiary/aromatic N) is 2. The Kier molecular flexibility index (Phi) is 6.81. The molecule has 1 unspecified atom stereocenters. The second kappa shape index (κ2) is 9.97. The van der Waals surface area contributed by atoms with Crippen LogP contribution in [0.25, 0.3) is 16.0 Å². The molecule has 0 radical (unpaired) electrons. The largest absolute Gasteiger partial charge is 0.507 e. The van der Waals surface area contributed by atoms with E-state index >= 15 is 0 Å². The number of aliphatic hydroxyl groups excluding tert-OH is 1. The van der Waals surface area contributed by atoms with Crippen molar-refractivity contribution in [3.63, 3.8) is 0 Å². The number of hydrogen-bond acceptors (Lipinski definition) is 6. The summed E-state index contributed by atoms with van der Waals surface area (Å²) in [5.41, 5.74) is 5.12. The van der Waals surface area contributed by atoms with Crippen molar-refractivity contribution in [3.05, 3.63) is 94.1 Å². The Morgan fingerprint density at radius 2 is 1.77 bits per heavy atom. The minimum Gasteiger partial charge on any atom is -0.507 e. The first-order chi connectivity index (χ1) is 18.5. The number of anilines is 1. The first kappa shape index (κ1) is 26.6. The van der Waals surface area contributed by atoms with Crippen LogP contribution in [0.3, 0.4) is 0 Å². The number of aromatic nitrogens is 1. The molecule has 7 heteroatoms. The Morgan fingerprint density at radius 3 is 2.44 bits per heavy atom. The van der Waals surface area contributed by atoms with Crippen molar-refractivity contribution in [1.82, 2.24) is 4.98 Å². The maximum Gasteiger partial charge on any atom is 0.301 e. The minimum atomic E-state index is -0.836. The van der Waals surface area contributed by atoms with E-state index in [1.165, 1.54) is 16.2 Å². The van der Waals surface area contributed by atoms with Crippen LogP contribution in [0, 0.1) is 13.8 Å². The number of ether oxygens (including phenoxy) is 1. The second-order valence-electron chi connectivity index (χ2n) is 10.9. The molecule has 6 nitrogen and oxygen atoms in total. The van der Waals surface area contributed by atoms with Crippen LogP contribution in [-0.2, 0) is 15.0 Å². The molecule has 1 aliphatic heterocycles. The highest BCUT2D eigenvalue weighted by atomic mass is 32.1. The zero-order valence-corrected chi connectivity index (χ0v) is 23.8. The molecule has 0 saturated carbocycles. The lowest BCUT2D eigenvalue weighted by molar-refractivity contribution is -0.132. The van der Waals surface area contributed by atoms with E-state index < -0.39 is 17.7 Å². The van der Waals surface area contributed by atoms with Crippen LogP contribution in [0.1, 0.15) is 61.6 Å². The van der Waals surface area contributed by atoms with Crippen molar-refractivity contribution in [2.75, 3.05) is 11.5 Å². The van der Waals surface area contributed by atoms with E-state index in [2.05, 4.69) is 20.8 Å². The predicted molar refractivity (Wildman–Crippen MR) is 157 cm³/mol. The number of carbonyl (C=O) groups excluding carboxylic acids is 2. The normalized spacial score (nSPS) is 17.3. The molecule has 1 aliphatic rings. The minimum absolute atomic E-state index is 0.0318. The number of aliphatic hydroxyl groups is 1. The lowest BCUT2D eigenvalue weighted by atomic mass is 9.85. The van der Waals surface area contributed by atoms with Gasteiger partial charge in [0.25, 0.3) is 5.78 Å². The van der Waals surface area contributed by atoms with Crippen molar-refractivity contribution in [2.24, 2.45) is 0 Å². The zero-order chi connectivity index (χ0) is 28.1. The molecule has 1 atom stereocenters. The summed E-state index contributed by atoms with van der Waals surface area (Å²) in [5.74, 6) is -1.13. The molecule has 4 aromatic rings. The quantitative estimate of drug-likeness (QED) is 0.164. The number of hydrogen-bond donors (Lipinski definition) is 1. The summed E-state index contributed by atoms with van der Waals surface area (Å²) in [6.45, 7) is 12.7. The number of thiazole rings is 1. The van der Waals surface area contributed by atoms with Gasteiger partial charge in [0.15, 0.2) is 5.13 Å². The first-order valence-corrected chi connectivity index (χ1v) is 13.8. The summed E-state index contributed by atoms with van der Waals surface area (Å²) in [6, 6.07) is 18.0. The molecule has 1 aromatic heterocycles. The summed E-state index contributed by atoms with van der Waals surface area (Å²) >= 11 is 1.37. The summed E-state index contributed by atoms with van der Waals surface area (Å²) in [5, 5.41) is 11.9. The molecule has 200 valence electrons. The third-order valence-corrected chi connectivity index (χ3v) is 7.98. The number of rotatable bonds is 5. The van der Waals surface area contributed by atoms with Gasteiger partial charge in [-0.3, -0.25) is 14.5 Å². The third-order valence-electron chi connectivity index (χ3n) is 6.98. The molecular formula is C32H32N2O4S. The molecule has 0 spiro atoms. The number of fused-ring (bicyclic) bond motifs is 1. The Bertz CT molecular complexity index is 1630. The van der Waals surface area contributed by atoms with Gasteiger partial charge in [-0.15, -0.1) is 0 Å². The summed E-state index contributed by atoms with van der Waals surface area (Å²) < 4.78 is 6.54. The fraction of sp³-hybridized carbons (Fsp3) is 0.281. The molecule has 3 aromatic carbocycles. The van der Waals surface area contributed by atoms with Crippen LogP contribution in [0.2, 0.25) is 0 Å². The molecule has 0 aliphatic carbocycles. The van der Waals surface area contributed by atoms with Gasteiger partial charge in [-0.1, -0.05) is 74.6 Å². The van der Waals surface area contributed by atoms with E-state index in [0.29, 0.717) is 23.1 Å². The molecule has 1 saturated heterocycles. The van der Waals surface area contributed by atoms with Gasteiger partial charge in [-0.25, -0.2) is 4.98 Å². The SMILES string of the molecule is CCOc1cccc(/C(O)=C2\C(=O)C(=O)N(c3nc4c(C)cc(C)cc4s3)C2c2ccc(C(C)(C)C)cc2)c1. The second-order valence-corrected chi connectivity index (χ2v) is 11.9. The maximum atomic E-state index is 13.6. The smallest absolute Gasteiger partial charge is 0.301 e. The van der Waals surface area contributed by atoms with E-state index in [-0.39, 0.29) is 16.7 Å². The van der Waals surface area contributed by atoms with Gasteiger partial charge in [-0.2, -0.15) is 0 Å². The molecule has 0 bridgehead atoms. The van der Waals surface area contributed by atoms with Crippen LogP contribution >= 0.6 is 11.3 Å². The van der Waals surface area contributed by atoms with Crippen molar-refractivity contribution in [1.29, 1.82) is 0 Å². The molecule has 1 N–H and O–H groups in total. The first-order valence-electron chi connectivity index (χ1n) is 13.0. The van der Waals surface area contributed by atoms with Gasteiger partial charge in [-0.05, 0) is 66.6 Å². The van der Waals surface area contributed by atoms with Crippen molar-refractivity contribution < 1.29 is 19.4 Å². The number of carbonyl (C=O) groups is 2. The highest BCUT2D eigenvalue weighted by Crippen LogP contribution is 2.45. The van der Waals surface area contributed by atoms with Gasteiger partial charge in [0.1, 0.15) is 11.5 Å². The van der Waals surface area contributed by atoms with Gasteiger partial charge in [0.05, 0.1) is 28.4 Å². The van der Waals surface area contributed by atoms with Gasteiger partial charge in [0, 0.05) is 5.56 Å². The van der Waals surface area contributed by atoms with Crippen LogP contribution in [0.15, 0.2) is 66.2 Å². The Morgan fingerprint density at radius 1 is 1.05 bits per heavy atom. The molecule has 5 rings (SSSR count). The summed E-state index contributed by atoms with van der Waals surface area (Å²) in [7, 11) is 0. The summed E-state index contributed by atoms with van der Waals surface area (Å²) in [6.07, 6.45) is 0. The molecule has 1 amide bonds. The molecule has 2 heterocycles. The van der Waals surface area contributed by atoms with E-state index in [9.17, 15) is 14.7 Å². The maximum absolute atomic E-state index is 13.6. The van der Waals surface area contributed by atoms with Crippen molar-refractivity contribution >= 4 is 44.1 Å². The molecule has 1 fully saturated rings. The lowest BCUT2D eigenvalue weighted by Gasteiger charge is -2.24. The Labute approximate surface area is 232 Å². The average molecular weight is 541 g/mol. The van der Waals surface area contributed by atoms with Crippen LogP contribution < -0.4 is 9.64 Å². The number of amides is 1. The van der Waals surface area contributed by atoms with Crippen LogP contribution in [0.5, 0.6) is 5.75 Å². The number of benzene rings is 3. The highest BCUT2D eigenvalue weighted by Gasteiger charge is 2.48. The fourth-order valence-corrected chi connectivity index (χ4v) is 6.20. The van der Waals surface area contributed by atoms with E-state index in [4.69, 9.17) is 9.72 Å². The van der Waals surface area contributed by atoms with Gasteiger partial charge >= 0.3 is 5.91 Å². The monoisotopic (exact) mass is 540 g/mol. The third kappa shape index (κ3) is 4.83. The van der Waals surface area contributed by atoms with E-state index in [0.717, 1.165) is 32.5 Å². The Balaban J connectivity index is 1.72. The van der Waals surface area contributed by atoms with E-state index in [1.54, 1.807) is 24.3 Å². The van der Waals surface area contributed by atoms with Crippen molar-refractivity contribution in [2.45, 2.75) is 53.0 Å². The Hall–Kier alpha value is -3.97. The fourth-order valence-electron chi connectivity index (χ4n) is 5.03. The molecule has 39 heavy (non-hydrogen) atoms. The van der Waals surface area contributed by atoms with Gasteiger partial charge in [0.2, 0.25) is 0 Å². The highest BCUT2D eigenvalue weighted by molar-refractivity contribution is 7.22. The summed E-state index contributed by atoms with van der Waals surface area (Å²) in [4.78, 5) is 33.5. The topological polar surface area (TPSA) is 79.7 Å². The molecular weight excluding hydrogens is 508 g/mol. The number of Topliss-reactive ketones (excluding diaryl/α,β-unsaturated/α-hetero) is 1. The van der Waals surface area contributed by atoms with E-state index in [1.807, 2.05) is 57.2 Å². The van der Waals surface area contributed by atoms with Crippen LogP contribution in [0.4, 0.5) is 5.13 Å². The number of ketones is 1. The van der Waals surface area contributed by atoms with Crippen LogP contribution in [-0.4, -0.2) is 28.4 Å². The van der Waals surface area contributed by atoms with Crippen molar-refractivity contribution in [3.8, 4) is 5.75 Å². The standard InChI is InChI=1S/C32H32N2O4S/c1-7-38-23-10-8-9-21(17-23)28(35)25-27(20-11-13-22(14-12-20)32(4,5)6)34(30(37)29(25)36)31-33-26-19(3)15-18(2)16-24(26)39-31/h8-17,27,35H,7H2,1-6H3/b28-25+. The number of aryl methyl sites for hydroxylation is 2. The predicted octanol–water partition coefficient (Wildman–Crippen LogP) is 7.24. The average Bonchev–Trinajstić information content (AvgIpc) is 3.42. The zero-order valence-electron chi connectivity index (χ0n) is 23.0. The van der Waals surface area contributed by atoms with Gasteiger partial charge < -0.3 is 9.84 Å². The lowest BCUT2D eigenvalue weighted by Crippen LogP contribution is -2.29.